The Balaban J connectivity index is 1.66. The smallest absolute Gasteiger partial charge is 0.259 e. The van der Waals surface area contributed by atoms with Gasteiger partial charge in [-0.25, -0.2) is 4.98 Å². The molecule has 8 nitrogen and oxygen atoms in total. The van der Waals surface area contributed by atoms with Gasteiger partial charge in [0, 0.05) is 43.7 Å². The van der Waals surface area contributed by atoms with Gasteiger partial charge in [-0.05, 0) is 61.9 Å². The van der Waals surface area contributed by atoms with Crippen LogP contribution in [0.3, 0.4) is 0 Å². The summed E-state index contributed by atoms with van der Waals surface area (Å²) < 4.78 is 6.33. The maximum Gasteiger partial charge on any atom is 0.259 e. The average Bonchev–Trinajstić information content (AvgIpc) is 2.90. The average molecular weight is 479 g/mol. The first-order valence-corrected chi connectivity index (χ1v) is 12.3. The SMILES string of the molecule is C[C@@H]1CN([C@H](C)CO)C(=O)c2cc(C3=CCCCC3)cnc2O[C@@H]1CN(C)C(=O)c1ccncc1. The summed E-state index contributed by atoms with van der Waals surface area (Å²) in [6.07, 6.45) is 11.1. The number of fused-ring (bicyclic) bond motifs is 1. The van der Waals surface area contributed by atoms with Gasteiger partial charge >= 0.3 is 0 Å². The first kappa shape index (κ1) is 24.9. The van der Waals surface area contributed by atoms with E-state index in [0.29, 0.717) is 24.2 Å². The normalized spacial score (nSPS) is 21.2. The molecule has 0 spiro atoms. The van der Waals surface area contributed by atoms with Crippen molar-refractivity contribution in [3.8, 4) is 5.88 Å². The third-order valence-electron chi connectivity index (χ3n) is 6.91. The molecule has 3 heterocycles. The summed E-state index contributed by atoms with van der Waals surface area (Å²) in [5.41, 5.74) is 3.09. The number of carbonyl (C=O) groups excluding carboxylic acids is 2. The maximum absolute atomic E-state index is 13.6. The number of aliphatic hydroxyl groups is 1. The van der Waals surface area contributed by atoms with Crippen molar-refractivity contribution in [1.29, 1.82) is 0 Å². The Morgan fingerprint density at radius 1 is 1.31 bits per heavy atom. The van der Waals surface area contributed by atoms with Gasteiger partial charge in [-0.2, -0.15) is 0 Å². The molecule has 1 aliphatic carbocycles. The zero-order chi connectivity index (χ0) is 24.9. The van der Waals surface area contributed by atoms with Crippen LogP contribution in [0.2, 0.25) is 0 Å². The van der Waals surface area contributed by atoms with Gasteiger partial charge in [-0.3, -0.25) is 14.6 Å². The molecular weight excluding hydrogens is 444 g/mol. The Morgan fingerprint density at radius 2 is 2.09 bits per heavy atom. The minimum Gasteiger partial charge on any atom is -0.472 e. The summed E-state index contributed by atoms with van der Waals surface area (Å²) >= 11 is 0. The fourth-order valence-electron chi connectivity index (χ4n) is 4.66. The predicted octanol–water partition coefficient (Wildman–Crippen LogP) is 3.43. The molecule has 0 saturated heterocycles. The Labute approximate surface area is 206 Å². The molecule has 0 aromatic carbocycles. The van der Waals surface area contributed by atoms with Gasteiger partial charge in [0.05, 0.1) is 19.2 Å². The topological polar surface area (TPSA) is 95.9 Å². The third-order valence-corrected chi connectivity index (χ3v) is 6.91. The Hall–Kier alpha value is -3.26. The maximum atomic E-state index is 13.6. The van der Waals surface area contributed by atoms with Crippen molar-refractivity contribution in [2.75, 3.05) is 26.7 Å². The number of nitrogens with zero attached hydrogens (tertiary/aromatic N) is 4. The van der Waals surface area contributed by atoms with Crippen LogP contribution < -0.4 is 4.74 Å². The zero-order valence-electron chi connectivity index (χ0n) is 20.7. The highest BCUT2D eigenvalue weighted by atomic mass is 16.5. The molecule has 35 heavy (non-hydrogen) atoms. The van der Waals surface area contributed by atoms with Gasteiger partial charge in [0.2, 0.25) is 5.88 Å². The number of rotatable bonds is 6. The zero-order valence-corrected chi connectivity index (χ0v) is 20.7. The lowest BCUT2D eigenvalue weighted by Crippen LogP contribution is -2.50. The van der Waals surface area contributed by atoms with E-state index in [-0.39, 0.29) is 36.3 Å². The van der Waals surface area contributed by atoms with Gasteiger partial charge < -0.3 is 19.6 Å². The first-order valence-electron chi connectivity index (χ1n) is 12.3. The minimum absolute atomic E-state index is 0.101. The number of amides is 2. The van der Waals surface area contributed by atoms with Gasteiger partial charge in [0.25, 0.3) is 11.8 Å². The van der Waals surface area contributed by atoms with Crippen molar-refractivity contribution >= 4 is 17.4 Å². The van der Waals surface area contributed by atoms with Gasteiger partial charge in [-0.15, -0.1) is 0 Å². The largest absolute Gasteiger partial charge is 0.472 e. The molecule has 0 bridgehead atoms. The van der Waals surface area contributed by atoms with Crippen molar-refractivity contribution in [3.63, 3.8) is 0 Å². The number of aromatic nitrogens is 2. The van der Waals surface area contributed by atoms with E-state index in [1.165, 1.54) is 12.0 Å². The molecule has 2 aromatic rings. The fraction of sp³-hybridized carbons (Fsp3) is 0.481. The number of likely N-dealkylation sites (N-methyl/N-ethyl adjacent to an activating group) is 1. The lowest BCUT2D eigenvalue weighted by atomic mass is 9.93. The molecule has 1 N–H and O–H groups in total. The summed E-state index contributed by atoms with van der Waals surface area (Å²) in [6, 6.07) is 4.88. The Morgan fingerprint density at radius 3 is 2.77 bits per heavy atom. The molecule has 4 rings (SSSR count). The van der Waals surface area contributed by atoms with E-state index < -0.39 is 6.10 Å². The number of ether oxygens (including phenoxy) is 1. The molecule has 8 heteroatoms. The number of aliphatic hydroxyl groups excluding tert-OH is 1. The van der Waals surface area contributed by atoms with Crippen LogP contribution in [0.25, 0.3) is 5.57 Å². The summed E-state index contributed by atoms with van der Waals surface area (Å²) in [4.78, 5) is 38.4. The molecule has 3 atom stereocenters. The minimum atomic E-state index is -0.390. The molecule has 0 unspecified atom stereocenters. The lowest BCUT2D eigenvalue weighted by Gasteiger charge is -2.37. The summed E-state index contributed by atoms with van der Waals surface area (Å²) in [5.74, 6) is -0.156. The summed E-state index contributed by atoms with van der Waals surface area (Å²) in [7, 11) is 1.74. The van der Waals surface area contributed by atoms with E-state index >= 15 is 0 Å². The highest BCUT2D eigenvalue weighted by molar-refractivity contribution is 5.97. The van der Waals surface area contributed by atoms with Crippen LogP contribution in [0, 0.1) is 5.92 Å². The van der Waals surface area contributed by atoms with E-state index in [9.17, 15) is 14.7 Å². The van der Waals surface area contributed by atoms with Crippen LogP contribution in [0.5, 0.6) is 5.88 Å². The summed E-state index contributed by atoms with van der Waals surface area (Å²) in [5, 5.41) is 9.86. The second kappa shape index (κ2) is 11.0. The van der Waals surface area contributed by atoms with Crippen LogP contribution in [-0.2, 0) is 0 Å². The van der Waals surface area contributed by atoms with Gasteiger partial charge in [-0.1, -0.05) is 13.0 Å². The molecule has 0 fully saturated rings. The molecule has 2 aliphatic rings. The van der Waals surface area contributed by atoms with Crippen LogP contribution in [0.1, 0.15) is 65.8 Å². The molecule has 1 aliphatic heterocycles. The number of allylic oxidation sites excluding steroid dienone is 2. The van der Waals surface area contributed by atoms with Crippen molar-refractivity contribution in [2.24, 2.45) is 5.92 Å². The standard InChI is InChI=1S/C27H34N4O4/c1-18-15-31(19(2)17-32)27(34)23-13-22(20-7-5-4-6-8-20)14-29-25(23)35-24(18)16-30(3)26(33)21-9-11-28-12-10-21/h7,9-14,18-19,24,32H,4-6,8,15-17H2,1-3H3/t18-,19-,24-/m1/s1. The van der Waals surface area contributed by atoms with E-state index in [0.717, 1.165) is 24.8 Å². The monoisotopic (exact) mass is 478 g/mol. The second-order valence-electron chi connectivity index (χ2n) is 9.60. The highest BCUT2D eigenvalue weighted by Crippen LogP contribution is 2.32. The van der Waals surface area contributed by atoms with Gasteiger partial charge in [0.15, 0.2) is 0 Å². The number of hydrogen-bond donors (Lipinski definition) is 1. The fourth-order valence-corrected chi connectivity index (χ4v) is 4.66. The van der Waals surface area contributed by atoms with E-state index in [1.54, 1.807) is 47.6 Å². The first-order chi connectivity index (χ1) is 16.9. The molecule has 0 saturated carbocycles. The van der Waals surface area contributed by atoms with Crippen LogP contribution in [0.4, 0.5) is 0 Å². The van der Waals surface area contributed by atoms with Crippen molar-refractivity contribution in [3.05, 3.63) is 59.6 Å². The van der Waals surface area contributed by atoms with Crippen LogP contribution in [-0.4, -0.2) is 75.6 Å². The lowest BCUT2D eigenvalue weighted by molar-refractivity contribution is 0.0313. The third kappa shape index (κ3) is 5.53. The van der Waals surface area contributed by atoms with Crippen molar-refractivity contribution in [2.45, 2.75) is 51.7 Å². The summed E-state index contributed by atoms with van der Waals surface area (Å²) in [6.45, 7) is 4.41. The van der Waals surface area contributed by atoms with Crippen LogP contribution in [0.15, 0.2) is 42.9 Å². The van der Waals surface area contributed by atoms with Crippen molar-refractivity contribution in [1.82, 2.24) is 19.8 Å². The Kier molecular flexibility index (Phi) is 7.80. The van der Waals surface area contributed by atoms with Crippen LogP contribution >= 0.6 is 0 Å². The highest BCUT2D eigenvalue weighted by Gasteiger charge is 2.35. The molecular formula is C27H34N4O4. The predicted molar refractivity (Wildman–Crippen MR) is 133 cm³/mol. The number of hydrogen-bond acceptors (Lipinski definition) is 6. The number of pyridine rings is 2. The molecule has 2 amide bonds. The van der Waals surface area contributed by atoms with E-state index in [2.05, 4.69) is 16.0 Å². The van der Waals surface area contributed by atoms with E-state index in [1.807, 2.05) is 19.9 Å². The number of carbonyl (C=O) groups is 2. The van der Waals surface area contributed by atoms with E-state index in [4.69, 9.17) is 4.74 Å². The van der Waals surface area contributed by atoms with Crippen molar-refractivity contribution < 1.29 is 19.4 Å². The second-order valence-corrected chi connectivity index (χ2v) is 9.60. The van der Waals surface area contributed by atoms with Gasteiger partial charge in [0.1, 0.15) is 11.7 Å². The molecule has 2 aromatic heterocycles. The Bertz CT molecular complexity index is 1090. The molecule has 0 radical (unpaired) electrons. The quantitative estimate of drug-likeness (QED) is 0.684. The molecule has 186 valence electrons.